The Morgan fingerprint density at radius 2 is 1.51 bits per heavy atom. The molecule has 0 bridgehead atoms. The van der Waals surface area contributed by atoms with Gasteiger partial charge in [0.1, 0.15) is 17.1 Å². The van der Waals surface area contributed by atoms with Crippen LogP contribution in [0.3, 0.4) is 0 Å². The maximum atomic E-state index is 13.0. The number of β-amino-alcohol motifs (C(OH)–C–C–N with tert-alkyl or cyclic N) is 1. The Bertz CT molecular complexity index is 1030. The molecule has 0 aromatic heterocycles. The standard InChI is InChI=1S/C28H44N2O12S/c1-15-23(39-16(2)31)24(40-17(3)32)25(41-18(4)33)27(38-15)43-12-11-29-26(37)20-13-19(34)14-30(20)21(35)9-8-10-22(36)42-28(5,6)7/h15,19-20,23-25,27,34H,8-14H2,1-7H3,(H,29,37)/t15-,19+,20-,23+,24+,25-,27-/m0/s1. The van der Waals surface area contributed by atoms with Crippen molar-refractivity contribution >= 4 is 47.5 Å². The van der Waals surface area contributed by atoms with E-state index in [1.807, 2.05) is 0 Å². The van der Waals surface area contributed by atoms with E-state index in [1.165, 1.54) is 37.4 Å². The van der Waals surface area contributed by atoms with Gasteiger partial charge in [0, 0.05) is 58.9 Å². The molecule has 244 valence electrons. The number of thioether (sulfide) groups is 1. The second-order valence-corrected chi connectivity index (χ2v) is 12.7. The normalized spacial score (nSPS) is 27.2. The van der Waals surface area contributed by atoms with Crippen molar-refractivity contribution in [2.45, 2.75) is 122 Å². The number of nitrogens with zero attached hydrogens (tertiary/aromatic N) is 1. The van der Waals surface area contributed by atoms with Crippen molar-refractivity contribution in [3.8, 4) is 0 Å². The molecule has 2 rings (SSSR count). The van der Waals surface area contributed by atoms with Crippen LogP contribution in [0.2, 0.25) is 0 Å². The SMILES string of the molecule is CC(=O)O[C@@H]1[C@H](OC(C)=O)[C@H](C)O[C@@H](SCCNC(=O)[C@@H]2C[C@@H](O)CN2C(=O)CCCC(=O)OC(C)(C)C)[C@H]1OC(C)=O. The predicted molar refractivity (Wildman–Crippen MR) is 152 cm³/mol. The van der Waals surface area contributed by atoms with E-state index in [4.69, 9.17) is 23.7 Å². The quantitative estimate of drug-likeness (QED) is 0.176. The van der Waals surface area contributed by atoms with E-state index in [2.05, 4.69) is 5.32 Å². The van der Waals surface area contributed by atoms with Crippen LogP contribution >= 0.6 is 11.8 Å². The number of ether oxygens (including phenoxy) is 5. The highest BCUT2D eigenvalue weighted by Crippen LogP contribution is 2.34. The molecule has 0 aromatic carbocycles. The smallest absolute Gasteiger partial charge is 0.306 e. The number of aliphatic hydroxyl groups excluding tert-OH is 1. The number of aliphatic hydroxyl groups is 1. The predicted octanol–water partition coefficient (Wildman–Crippen LogP) is 0.850. The van der Waals surface area contributed by atoms with E-state index >= 15 is 0 Å². The molecular formula is C28H44N2O12S. The first-order valence-corrected chi connectivity index (χ1v) is 15.3. The van der Waals surface area contributed by atoms with Gasteiger partial charge in [0.25, 0.3) is 0 Å². The minimum atomic E-state index is -1.11. The summed E-state index contributed by atoms with van der Waals surface area (Å²) < 4.78 is 27.3. The molecule has 14 nitrogen and oxygen atoms in total. The van der Waals surface area contributed by atoms with Crippen LogP contribution in [0.1, 0.15) is 74.1 Å². The molecule has 2 heterocycles. The summed E-state index contributed by atoms with van der Waals surface area (Å²) in [4.78, 5) is 74.4. The summed E-state index contributed by atoms with van der Waals surface area (Å²) in [6.45, 7) is 10.6. The lowest BCUT2D eigenvalue weighted by atomic mass is 10.00. The molecule has 2 aliphatic heterocycles. The molecule has 15 heteroatoms. The van der Waals surface area contributed by atoms with Crippen LogP contribution in [0.5, 0.6) is 0 Å². The highest BCUT2D eigenvalue weighted by molar-refractivity contribution is 7.99. The van der Waals surface area contributed by atoms with Crippen molar-refractivity contribution in [2.24, 2.45) is 0 Å². The van der Waals surface area contributed by atoms with Gasteiger partial charge < -0.3 is 39.0 Å². The number of rotatable bonds is 12. The third-order valence-corrected chi connectivity index (χ3v) is 7.56. The first kappa shape index (κ1) is 36.3. The second-order valence-electron chi connectivity index (χ2n) is 11.5. The van der Waals surface area contributed by atoms with Crippen LogP contribution in [0, 0.1) is 0 Å². The summed E-state index contributed by atoms with van der Waals surface area (Å²) in [6.07, 6.45) is -4.37. The number of hydrogen-bond acceptors (Lipinski definition) is 13. The van der Waals surface area contributed by atoms with E-state index in [9.17, 15) is 33.9 Å². The fourth-order valence-electron chi connectivity index (χ4n) is 4.83. The molecule has 0 spiro atoms. The van der Waals surface area contributed by atoms with Crippen molar-refractivity contribution in [3.63, 3.8) is 0 Å². The molecule has 2 aliphatic rings. The Labute approximate surface area is 255 Å². The molecule has 0 radical (unpaired) electrons. The molecule has 0 aromatic rings. The van der Waals surface area contributed by atoms with Crippen LogP contribution in [-0.2, 0) is 52.5 Å². The van der Waals surface area contributed by atoms with E-state index in [0.29, 0.717) is 0 Å². The summed E-state index contributed by atoms with van der Waals surface area (Å²) >= 11 is 1.19. The summed E-state index contributed by atoms with van der Waals surface area (Å²) in [6, 6.07) is -0.869. The number of likely N-dealkylation sites (tertiary alicyclic amines) is 1. The van der Waals surface area contributed by atoms with Crippen molar-refractivity contribution in [3.05, 3.63) is 0 Å². The lowest BCUT2D eigenvalue weighted by molar-refractivity contribution is -0.229. The topological polar surface area (TPSA) is 184 Å². The molecule has 2 amide bonds. The summed E-state index contributed by atoms with van der Waals surface area (Å²) in [5, 5.41) is 12.9. The van der Waals surface area contributed by atoms with Crippen LogP contribution < -0.4 is 5.32 Å². The van der Waals surface area contributed by atoms with Gasteiger partial charge in [0.05, 0.1) is 12.2 Å². The third kappa shape index (κ3) is 11.9. The zero-order chi connectivity index (χ0) is 32.5. The van der Waals surface area contributed by atoms with Crippen LogP contribution in [0.4, 0.5) is 0 Å². The Morgan fingerprint density at radius 3 is 2.09 bits per heavy atom. The first-order chi connectivity index (χ1) is 20.0. The zero-order valence-corrected chi connectivity index (χ0v) is 26.6. The highest BCUT2D eigenvalue weighted by atomic mass is 32.2. The molecule has 43 heavy (non-hydrogen) atoms. The van der Waals surface area contributed by atoms with Gasteiger partial charge in [0.15, 0.2) is 18.3 Å². The van der Waals surface area contributed by atoms with Gasteiger partial charge in [-0.1, -0.05) is 0 Å². The Morgan fingerprint density at radius 1 is 0.930 bits per heavy atom. The number of hydrogen-bond donors (Lipinski definition) is 2. The summed E-state index contributed by atoms with van der Waals surface area (Å²) in [7, 11) is 0. The second kappa shape index (κ2) is 16.2. The van der Waals surface area contributed by atoms with Gasteiger partial charge >= 0.3 is 23.9 Å². The molecular weight excluding hydrogens is 588 g/mol. The molecule has 2 saturated heterocycles. The Hall–Kier alpha value is -2.91. The van der Waals surface area contributed by atoms with E-state index < -0.39 is 77.4 Å². The minimum Gasteiger partial charge on any atom is -0.460 e. The van der Waals surface area contributed by atoms with Crippen molar-refractivity contribution in [1.29, 1.82) is 0 Å². The molecule has 0 saturated carbocycles. The maximum Gasteiger partial charge on any atom is 0.306 e. The van der Waals surface area contributed by atoms with E-state index in [0.717, 1.165) is 0 Å². The maximum absolute atomic E-state index is 13.0. The number of esters is 4. The van der Waals surface area contributed by atoms with E-state index in [1.54, 1.807) is 27.7 Å². The zero-order valence-electron chi connectivity index (χ0n) is 25.8. The lowest BCUT2D eigenvalue weighted by Gasteiger charge is -2.43. The molecule has 2 fully saturated rings. The Kier molecular flexibility index (Phi) is 13.7. The van der Waals surface area contributed by atoms with Gasteiger partial charge in [-0.3, -0.25) is 28.8 Å². The lowest BCUT2D eigenvalue weighted by Crippen LogP contribution is -2.59. The minimum absolute atomic E-state index is 0.0109. The summed E-state index contributed by atoms with van der Waals surface area (Å²) in [5.74, 6) is -2.86. The highest BCUT2D eigenvalue weighted by Gasteiger charge is 2.50. The first-order valence-electron chi connectivity index (χ1n) is 14.2. The van der Waals surface area contributed by atoms with Gasteiger partial charge in [-0.2, -0.15) is 0 Å². The van der Waals surface area contributed by atoms with Gasteiger partial charge in [-0.25, -0.2) is 0 Å². The number of carbonyl (C=O) groups excluding carboxylic acids is 6. The molecule has 0 aliphatic carbocycles. The number of carbonyl (C=O) groups is 6. The monoisotopic (exact) mass is 632 g/mol. The van der Waals surface area contributed by atoms with Crippen LogP contribution in [-0.4, -0.2) is 112 Å². The third-order valence-electron chi connectivity index (χ3n) is 6.41. The average molecular weight is 633 g/mol. The van der Waals surface area contributed by atoms with Crippen LogP contribution in [0.25, 0.3) is 0 Å². The fourth-order valence-corrected chi connectivity index (χ4v) is 5.94. The van der Waals surface area contributed by atoms with Gasteiger partial charge in [-0.15, -0.1) is 11.8 Å². The number of amides is 2. The van der Waals surface area contributed by atoms with Crippen molar-refractivity contribution in [2.75, 3.05) is 18.8 Å². The summed E-state index contributed by atoms with van der Waals surface area (Å²) in [5.41, 5.74) is -1.44. The van der Waals surface area contributed by atoms with Gasteiger partial charge in [-0.05, 0) is 34.1 Å². The average Bonchev–Trinajstić information content (AvgIpc) is 3.26. The van der Waals surface area contributed by atoms with Crippen molar-refractivity contribution in [1.82, 2.24) is 10.2 Å². The fraction of sp³-hybridized carbons (Fsp3) is 0.786. The largest absolute Gasteiger partial charge is 0.460 e. The van der Waals surface area contributed by atoms with E-state index in [-0.39, 0.29) is 50.4 Å². The van der Waals surface area contributed by atoms with Crippen LogP contribution in [0.15, 0.2) is 0 Å². The molecule has 7 atom stereocenters. The number of nitrogens with one attached hydrogen (secondary N) is 1. The van der Waals surface area contributed by atoms with Gasteiger partial charge in [0.2, 0.25) is 11.8 Å². The molecule has 0 unspecified atom stereocenters. The Balaban J connectivity index is 1.95. The van der Waals surface area contributed by atoms with Crippen molar-refractivity contribution < 1.29 is 57.6 Å². The molecule has 2 N–H and O–H groups in total.